The minimum absolute atomic E-state index is 0.238. The summed E-state index contributed by atoms with van der Waals surface area (Å²) < 4.78 is 1.50. The van der Waals surface area contributed by atoms with Crippen LogP contribution in [0.3, 0.4) is 0 Å². The molecule has 0 aromatic heterocycles. The van der Waals surface area contributed by atoms with Gasteiger partial charge in [-0.3, -0.25) is 9.36 Å². The highest BCUT2D eigenvalue weighted by molar-refractivity contribution is 6.05. The van der Waals surface area contributed by atoms with Crippen LogP contribution in [0.1, 0.15) is 26.5 Å². The number of aliphatic hydroxyl groups is 1. The number of nitrogens with zero attached hydrogens (tertiary/aromatic N) is 4. The van der Waals surface area contributed by atoms with Crippen LogP contribution in [-0.2, 0) is 4.79 Å². The first-order chi connectivity index (χ1) is 9.13. The summed E-state index contributed by atoms with van der Waals surface area (Å²) in [5, 5.41) is 13.2. The van der Waals surface area contributed by atoms with E-state index in [2.05, 4.69) is 20.3 Å². The lowest BCUT2D eigenvalue weighted by Crippen LogP contribution is -2.17. The number of fused-ring (bicyclic) bond motifs is 3. The van der Waals surface area contributed by atoms with Gasteiger partial charge in [-0.15, -0.1) is 0 Å². The van der Waals surface area contributed by atoms with Gasteiger partial charge in [0.15, 0.2) is 17.7 Å². The number of amides is 1. The lowest BCUT2D eigenvalue weighted by molar-refractivity contribution is -0.112. The Labute approximate surface area is 109 Å². The van der Waals surface area contributed by atoms with Gasteiger partial charge in [0.2, 0.25) is 0 Å². The zero-order valence-electron chi connectivity index (χ0n) is 10.6. The van der Waals surface area contributed by atoms with Crippen molar-refractivity contribution in [2.45, 2.75) is 26.5 Å². The number of aliphatic hydroxyl groups excluding tert-OH is 1. The van der Waals surface area contributed by atoms with Crippen LogP contribution in [0.2, 0.25) is 0 Å². The van der Waals surface area contributed by atoms with Crippen molar-refractivity contribution in [3.05, 3.63) is 23.8 Å². The van der Waals surface area contributed by atoms with Crippen LogP contribution >= 0.6 is 0 Å². The third kappa shape index (κ3) is 1.62. The van der Waals surface area contributed by atoms with E-state index < -0.39 is 6.23 Å². The first-order valence-corrected chi connectivity index (χ1v) is 6.00. The maximum Gasteiger partial charge on any atom is 0.252 e. The summed E-state index contributed by atoms with van der Waals surface area (Å²) in [5.41, 5.74) is 1.66. The average Bonchev–Trinajstić information content (AvgIpc) is 2.84. The first-order valence-electron chi connectivity index (χ1n) is 6.00. The molecule has 0 aromatic carbocycles. The van der Waals surface area contributed by atoms with Gasteiger partial charge in [0, 0.05) is 5.57 Å². The lowest BCUT2D eigenvalue weighted by Gasteiger charge is -2.19. The van der Waals surface area contributed by atoms with Crippen molar-refractivity contribution < 1.29 is 9.90 Å². The number of hydrogen-bond donors (Lipinski definition) is 2. The topological polar surface area (TPSA) is 92.9 Å². The summed E-state index contributed by atoms with van der Waals surface area (Å²) in [6.45, 7) is 3.60. The zero-order chi connectivity index (χ0) is 13.6. The van der Waals surface area contributed by atoms with Crippen molar-refractivity contribution in [3.63, 3.8) is 0 Å². The molecule has 1 amide bonds. The number of aromatic nitrogens is 4. The molecule has 3 aliphatic heterocycles. The van der Waals surface area contributed by atoms with E-state index in [4.69, 9.17) is 0 Å². The monoisotopic (exact) mass is 259 g/mol. The van der Waals surface area contributed by atoms with Gasteiger partial charge in [0.05, 0.1) is 0 Å². The fourth-order valence-corrected chi connectivity index (χ4v) is 2.28. The highest BCUT2D eigenvalue weighted by atomic mass is 16.3. The van der Waals surface area contributed by atoms with E-state index in [1.807, 2.05) is 6.92 Å². The van der Waals surface area contributed by atoms with Crippen molar-refractivity contribution in [1.82, 2.24) is 19.5 Å². The van der Waals surface area contributed by atoms with Crippen LogP contribution in [0.15, 0.2) is 23.8 Å². The second-order valence-electron chi connectivity index (χ2n) is 4.38. The fourth-order valence-electron chi connectivity index (χ4n) is 2.28. The van der Waals surface area contributed by atoms with Crippen molar-refractivity contribution in [3.8, 4) is 11.5 Å². The van der Waals surface area contributed by atoms with Crippen LogP contribution in [-0.4, -0.2) is 30.5 Å². The predicted molar refractivity (Wildman–Crippen MR) is 67.3 cm³/mol. The van der Waals surface area contributed by atoms with E-state index in [0.29, 0.717) is 34.9 Å². The van der Waals surface area contributed by atoms with Gasteiger partial charge in [-0.05, 0) is 18.9 Å². The molecule has 1 unspecified atom stereocenters. The third-order valence-corrected chi connectivity index (χ3v) is 3.38. The van der Waals surface area contributed by atoms with Crippen molar-refractivity contribution in [2.24, 2.45) is 0 Å². The van der Waals surface area contributed by atoms with Gasteiger partial charge in [-0.25, -0.2) is 15.0 Å². The normalized spacial score (nSPS) is 19.3. The molecule has 7 heteroatoms. The number of nitrogens with one attached hydrogen (secondary N) is 1. The SMILES string of the molecule is CCC1=C(C)C(=O)Nc2c3ncnc-3ncn2C1O. The van der Waals surface area contributed by atoms with Gasteiger partial charge in [-0.1, -0.05) is 6.92 Å². The molecule has 98 valence electrons. The van der Waals surface area contributed by atoms with Crippen molar-refractivity contribution in [1.29, 1.82) is 0 Å². The van der Waals surface area contributed by atoms with Gasteiger partial charge in [0.1, 0.15) is 18.5 Å². The van der Waals surface area contributed by atoms with Crippen molar-refractivity contribution in [2.75, 3.05) is 5.32 Å². The number of imidazole rings is 1. The second-order valence-corrected chi connectivity index (χ2v) is 4.38. The minimum Gasteiger partial charge on any atom is -0.369 e. The van der Waals surface area contributed by atoms with Gasteiger partial charge >= 0.3 is 0 Å². The van der Waals surface area contributed by atoms with Gasteiger partial charge < -0.3 is 10.4 Å². The number of hydrogen-bond acceptors (Lipinski definition) is 5. The first kappa shape index (κ1) is 11.8. The molecule has 19 heavy (non-hydrogen) atoms. The van der Waals surface area contributed by atoms with Gasteiger partial charge in [-0.2, -0.15) is 0 Å². The zero-order valence-corrected chi connectivity index (χ0v) is 10.6. The average molecular weight is 259 g/mol. The predicted octanol–water partition coefficient (Wildman–Crippen LogP) is 0.947. The largest absolute Gasteiger partial charge is 0.369 e. The highest BCUT2D eigenvalue weighted by Gasteiger charge is 2.28. The quantitative estimate of drug-likeness (QED) is 0.795. The summed E-state index contributed by atoms with van der Waals surface area (Å²) in [4.78, 5) is 24.3. The van der Waals surface area contributed by atoms with E-state index in [9.17, 15) is 9.90 Å². The second kappa shape index (κ2) is 4.13. The Bertz CT molecular complexity index is 660. The Morgan fingerprint density at radius 2 is 2.21 bits per heavy atom. The molecule has 3 rings (SSSR count). The molecule has 0 saturated carbocycles. The molecule has 0 spiro atoms. The molecule has 0 aromatic rings. The highest BCUT2D eigenvalue weighted by Crippen LogP contribution is 2.33. The van der Waals surface area contributed by atoms with Crippen LogP contribution in [0.5, 0.6) is 0 Å². The maximum absolute atomic E-state index is 12.1. The molecular formula is C12H13N5O2. The number of anilines is 1. The third-order valence-electron chi connectivity index (χ3n) is 3.38. The van der Waals surface area contributed by atoms with E-state index in [0.717, 1.165) is 0 Å². The summed E-state index contributed by atoms with van der Waals surface area (Å²) in [6, 6.07) is 0. The molecule has 0 fully saturated rings. The Kier molecular flexibility index (Phi) is 2.56. The molecule has 3 heterocycles. The Morgan fingerprint density at radius 3 is 2.95 bits per heavy atom. The molecule has 2 N–H and O–H groups in total. The van der Waals surface area contributed by atoms with E-state index in [1.165, 1.54) is 17.2 Å². The summed E-state index contributed by atoms with van der Waals surface area (Å²) in [6.07, 6.45) is 2.50. The molecule has 0 radical (unpaired) electrons. The van der Waals surface area contributed by atoms with Crippen LogP contribution in [0, 0.1) is 0 Å². The summed E-state index contributed by atoms with van der Waals surface area (Å²) in [5.74, 6) is 0.622. The van der Waals surface area contributed by atoms with Crippen LogP contribution in [0.25, 0.3) is 11.5 Å². The molecule has 0 aliphatic carbocycles. The van der Waals surface area contributed by atoms with Crippen molar-refractivity contribution >= 4 is 11.7 Å². The maximum atomic E-state index is 12.1. The molecule has 3 aliphatic rings. The summed E-state index contributed by atoms with van der Waals surface area (Å²) >= 11 is 0. The number of rotatable bonds is 1. The van der Waals surface area contributed by atoms with E-state index in [-0.39, 0.29) is 5.91 Å². The fraction of sp³-hybridized carbons (Fsp3) is 0.333. The standard InChI is InChI=1S/C12H13N5O2/c1-3-7-6(2)11(18)16-10-8-9(14-4-13-8)15-5-17(10)12(7)19/h4-5,12,19H,3H2,1-2H3,(H,16,18). The molecule has 0 saturated heterocycles. The molecule has 7 nitrogen and oxygen atoms in total. The smallest absolute Gasteiger partial charge is 0.252 e. The van der Waals surface area contributed by atoms with Crippen LogP contribution < -0.4 is 5.32 Å². The van der Waals surface area contributed by atoms with E-state index in [1.54, 1.807) is 6.92 Å². The molecule has 1 atom stereocenters. The Morgan fingerprint density at radius 1 is 1.42 bits per heavy atom. The van der Waals surface area contributed by atoms with Crippen LogP contribution in [0.4, 0.5) is 5.82 Å². The minimum atomic E-state index is -0.924. The van der Waals surface area contributed by atoms with Gasteiger partial charge in [0.25, 0.3) is 5.91 Å². The number of carbonyl (C=O) groups excluding carboxylic acids is 1. The van der Waals surface area contributed by atoms with E-state index >= 15 is 0 Å². The lowest BCUT2D eigenvalue weighted by atomic mass is 10.1. The summed E-state index contributed by atoms with van der Waals surface area (Å²) in [7, 11) is 0. The molecular weight excluding hydrogens is 246 g/mol. The Hall–Kier alpha value is -2.28. The Balaban J connectivity index is 2.26. The number of carbonyl (C=O) groups is 1. The molecule has 0 bridgehead atoms.